The SMILES string of the molecule is COc1cc(OC)c(Cl)c(NC(=O)c2csc3c(NCCNc4ccccc4)ncnc23)c1Cl. The smallest absolute Gasteiger partial charge is 0.258 e. The van der Waals surface area contributed by atoms with Crippen LogP contribution < -0.4 is 25.4 Å². The lowest BCUT2D eigenvalue weighted by atomic mass is 10.2. The summed E-state index contributed by atoms with van der Waals surface area (Å²) in [6.45, 7) is 1.33. The average Bonchev–Trinajstić information content (AvgIpc) is 3.30. The number of halogens is 2. The molecule has 0 saturated carbocycles. The number of carbonyl (C=O) groups excluding carboxylic acids is 1. The Morgan fingerprint density at radius 3 is 2.35 bits per heavy atom. The van der Waals surface area contributed by atoms with Gasteiger partial charge < -0.3 is 25.4 Å². The largest absolute Gasteiger partial charge is 0.495 e. The highest BCUT2D eigenvalue weighted by molar-refractivity contribution is 7.18. The van der Waals surface area contributed by atoms with Gasteiger partial charge in [0.2, 0.25) is 0 Å². The maximum absolute atomic E-state index is 13.1. The zero-order valence-electron chi connectivity index (χ0n) is 18.3. The standard InChI is InChI=1S/C23H21Cl2N5O3S/c1-32-15-10-16(33-2)18(25)20(17(15)24)30-23(31)14-11-34-21-19(14)28-12-29-22(21)27-9-8-26-13-6-4-3-5-7-13/h3-7,10-12,26H,8-9H2,1-2H3,(H,30,31)(H,27,28,29). The Kier molecular flexibility index (Phi) is 7.56. The molecule has 0 aliphatic heterocycles. The van der Waals surface area contributed by atoms with Gasteiger partial charge in [0.05, 0.1) is 35.7 Å². The number of fused-ring (bicyclic) bond motifs is 1. The Labute approximate surface area is 210 Å². The lowest BCUT2D eigenvalue weighted by Gasteiger charge is -2.15. The lowest BCUT2D eigenvalue weighted by Crippen LogP contribution is -2.15. The van der Waals surface area contributed by atoms with Crippen LogP contribution in [0.5, 0.6) is 11.5 Å². The number of thiophene rings is 1. The fraction of sp³-hybridized carbons (Fsp3) is 0.174. The number of para-hydroxylation sites is 1. The third-order valence-corrected chi connectivity index (χ3v) is 6.66. The first kappa shape index (κ1) is 23.9. The van der Waals surface area contributed by atoms with Gasteiger partial charge in [-0.1, -0.05) is 41.4 Å². The second kappa shape index (κ2) is 10.8. The molecule has 4 rings (SSSR count). The van der Waals surface area contributed by atoms with Crippen molar-refractivity contribution in [1.82, 2.24) is 9.97 Å². The molecule has 8 nitrogen and oxygen atoms in total. The molecule has 34 heavy (non-hydrogen) atoms. The highest BCUT2D eigenvalue weighted by Crippen LogP contribution is 2.44. The van der Waals surface area contributed by atoms with Crippen LogP contribution in [0.1, 0.15) is 10.4 Å². The molecule has 0 spiro atoms. The van der Waals surface area contributed by atoms with Crippen molar-refractivity contribution in [1.29, 1.82) is 0 Å². The number of amides is 1. The second-order valence-electron chi connectivity index (χ2n) is 7.01. The maximum atomic E-state index is 13.1. The third-order valence-electron chi connectivity index (χ3n) is 4.93. The summed E-state index contributed by atoms with van der Waals surface area (Å²) in [4.78, 5) is 21.8. The molecule has 0 unspecified atom stereocenters. The third kappa shape index (κ3) is 4.96. The van der Waals surface area contributed by atoms with Gasteiger partial charge in [0.15, 0.2) is 0 Å². The summed E-state index contributed by atoms with van der Waals surface area (Å²) < 4.78 is 11.3. The van der Waals surface area contributed by atoms with Crippen molar-refractivity contribution in [3.8, 4) is 11.5 Å². The van der Waals surface area contributed by atoms with Gasteiger partial charge in [0.25, 0.3) is 5.91 Å². The first-order valence-electron chi connectivity index (χ1n) is 10.2. The van der Waals surface area contributed by atoms with Gasteiger partial charge in [-0.2, -0.15) is 0 Å². The van der Waals surface area contributed by atoms with E-state index in [-0.39, 0.29) is 15.7 Å². The summed E-state index contributed by atoms with van der Waals surface area (Å²) >= 11 is 14.2. The number of ether oxygens (including phenoxy) is 2. The molecule has 11 heteroatoms. The Balaban J connectivity index is 1.52. The number of benzene rings is 2. The first-order chi connectivity index (χ1) is 16.5. The topological polar surface area (TPSA) is 97.4 Å². The molecule has 3 N–H and O–H groups in total. The first-order valence-corrected chi connectivity index (χ1v) is 11.8. The van der Waals surface area contributed by atoms with Crippen molar-refractivity contribution in [2.45, 2.75) is 0 Å². The van der Waals surface area contributed by atoms with E-state index in [0.29, 0.717) is 41.5 Å². The van der Waals surface area contributed by atoms with Gasteiger partial charge in [-0.15, -0.1) is 11.3 Å². The monoisotopic (exact) mass is 517 g/mol. The number of rotatable bonds is 9. The molecule has 2 aromatic carbocycles. The lowest BCUT2D eigenvalue weighted by molar-refractivity contribution is 0.102. The van der Waals surface area contributed by atoms with E-state index in [1.807, 2.05) is 30.3 Å². The Morgan fingerprint density at radius 1 is 1.00 bits per heavy atom. The van der Waals surface area contributed by atoms with E-state index in [1.165, 1.54) is 31.9 Å². The average molecular weight is 518 g/mol. The van der Waals surface area contributed by atoms with E-state index in [2.05, 4.69) is 25.9 Å². The van der Waals surface area contributed by atoms with Crippen molar-refractivity contribution in [3.05, 3.63) is 63.7 Å². The molecule has 0 radical (unpaired) electrons. The van der Waals surface area contributed by atoms with Crippen molar-refractivity contribution >= 4 is 67.9 Å². The molecular weight excluding hydrogens is 497 g/mol. The Hall–Kier alpha value is -3.27. The van der Waals surface area contributed by atoms with Crippen LogP contribution in [-0.2, 0) is 0 Å². The number of hydrogen-bond acceptors (Lipinski definition) is 8. The van der Waals surface area contributed by atoms with E-state index >= 15 is 0 Å². The van der Waals surface area contributed by atoms with Crippen LogP contribution in [-0.4, -0.2) is 43.2 Å². The number of carbonyl (C=O) groups is 1. The van der Waals surface area contributed by atoms with E-state index in [9.17, 15) is 4.79 Å². The van der Waals surface area contributed by atoms with Gasteiger partial charge >= 0.3 is 0 Å². The minimum absolute atomic E-state index is 0.170. The summed E-state index contributed by atoms with van der Waals surface area (Å²) in [5.41, 5.74) is 2.14. The number of nitrogens with zero attached hydrogens (tertiary/aromatic N) is 2. The molecule has 2 aromatic heterocycles. The molecule has 0 saturated heterocycles. The fourth-order valence-corrected chi connectivity index (χ4v) is 4.82. The van der Waals surface area contributed by atoms with Gasteiger partial charge in [0.1, 0.15) is 33.7 Å². The number of methoxy groups -OCH3 is 2. The van der Waals surface area contributed by atoms with Gasteiger partial charge in [-0.3, -0.25) is 4.79 Å². The number of aromatic nitrogens is 2. The van der Waals surface area contributed by atoms with Gasteiger partial charge in [-0.05, 0) is 12.1 Å². The molecule has 176 valence electrons. The molecule has 1 amide bonds. The predicted molar refractivity (Wildman–Crippen MR) is 138 cm³/mol. The molecule has 0 aliphatic rings. The van der Waals surface area contributed by atoms with Crippen LogP contribution in [0.3, 0.4) is 0 Å². The van der Waals surface area contributed by atoms with Crippen LogP contribution in [0, 0.1) is 0 Å². The van der Waals surface area contributed by atoms with Crippen LogP contribution >= 0.6 is 34.5 Å². The molecule has 2 heterocycles. The maximum Gasteiger partial charge on any atom is 0.258 e. The zero-order valence-corrected chi connectivity index (χ0v) is 20.6. The van der Waals surface area contributed by atoms with E-state index < -0.39 is 5.91 Å². The highest BCUT2D eigenvalue weighted by Gasteiger charge is 2.22. The molecule has 4 aromatic rings. The van der Waals surface area contributed by atoms with Crippen LogP contribution in [0.2, 0.25) is 10.0 Å². The molecule has 0 aliphatic carbocycles. The fourth-order valence-electron chi connectivity index (χ4n) is 3.26. The minimum atomic E-state index is -0.416. The Morgan fingerprint density at radius 2 is 1.68 bits per heavy atom. The number of anilines is 3. The number of nitrogens with one attached hydrogen (secondary N) is 3. The minimum Gasteiger partial charge on any atom is -0.495 e. The highest BCUT2D eigenvalue weighted by atomic mass is 35.5. The second-order valence-corrected chi connectivity index (χ2v) is 8.64. The summed E-state index contributed by atoms with van der Waals surface area (Å²) in [6.07, 6.45) is 1.42. The van der Waals surface area contributed by atoms with E-state index in [1.54, 1.807) is 11.4 Å². The van der Waals surface area contributed by atoms with Crippen molar-refractivity contribution in [3.63, 3.8) is 0 Å². The quantitative estimate of drug-likeness (QED) is 0.241. The number of hydrogen-bond donors (Lipinski definition) is 3. The van der Waals surface area contributed by atoms with Crippen LogP contribution in [0.25, 0.3) is 10.2 Å². The van der Waals surface area contributed by atoms with Crippen molar-refractivity contribution in [2.75, 3.05) is 43.3 Å². The van der Waals surface area contributed by atoms with Gasteiger partial charge in [0, 0.05) is 30.2 Å². The molecule has 0 atom stereocenters. The summed E-state index contributed by atoms with van der Waals surface area (Å²) in [5.74, 6) is 0.890. The Bertz CT molecular complexity index is 1290. The van der Waals surface area contributed by atoms with Crippen LogP contribution in [0.15, 0.2) is 48.1 Å². The van der Waals surface area contributed by atoms with Crippen molar-refractivity contribution < 1.29 is 14.3 Å². The van der Waals surface area contributed by atoms with Gasteiger partial charge in [-0.25, -0.2) is 9.97 Å². The van der Waals surface area contributed by atoms with Crippen molar-refractivity contribution in [2.24, 2.45) is 0 Å². The van der Waals surface area contributed by atoms with E-state index in [0.717, 1.165) is 10.4 Å². The molecule has 0 bridgehead atoms. The van der Waals surface area contributed by atoms with E-state index in [4.69, 9.17) is 32.7 Å². The normalized spacial score (nSPS) is 10.7. The summed E-state index contributed by atoms with van der Waals surface area (Å²) in [5, 5.41) is 11.5. The summed E-state index contributed by atoms with van der Waals surface area (Å²) in [6, 6.07) is 11.5. The van der Waals surface area contributed by atoms with Crippen LogP contribution in [0.4, 0.5) is 17.2 Å². The summed E-state index contributed by atoms with van der Waals surface area (Å²) in [7, 11) is 2.93. The molecule has 0 fully saturated rings. The predicted octanol–water partition coefficient (Wildman–Crippen LogP) is 5.79. The molecular formula is C23H21Cl2N5O3S. The zero-order chi connectivity index (χ0) is 24.1.